The van der Waals surface area contributed by atoms with Gasteiger partial charge in [0.2, 0.25) is 0 Å². The van der Waals surface area contributed by atoms with Crippen LogP contribution >= 0.6 is 22.9 Å². The van der Waals surface area contributed by atoms with Crippen LogP contribution in [0.4, 0.5) is 0 Å². The van der Waals surface area contributed by atoms with Crippen LogP contribution in [0.2, 0.25) is 4.34 Å². The van der Waals surface area contributed by atoms with Gasteiger partial charge in [0.25, 0.3) is 0 Å². The highest BCUT2D eigenvalue weighted by molar-refractivity contribution is 7.16. The van der Waals surface area contributed by atoms with Crippen molar-refractivity contribution in [1.29, 1.82) is 0 Å². The molecule has 0 spiro atoms. The predicted molar refractivity (Wildman–Crippen MR) is 70.9 cm³/mol. The van der Waals surface area contributed by atoms with E-state index in [1.165, 1.54) is 11.3 Å². The van der Waals surface area contributed by atoms with E-state index in [4.69, 9.17) is 16.7 Å². The van der Waals surface area contributed by atoms with Crippen LogP contribution in [0.5, 0.6) is 0 Å². The number of hydrogen-bond donors (Lipinski definition) is 1. The number of carboxylic acid groups (broad SMARTS) is 1. The number of rotatable bonds is 2. The Balaban J connectivity index is 2.21. The van der Waals surface area contributed by atoms with E-state index in [0.29, 0.717) is 15.0 Å². The van der Waals surface area contributed by atoms with Crippen LogP contribution in [0.15, 0.2) is 30.3 Å². The zero-order valence-corrected chi connectivity index (χ0v) is 10.8. The van der Waals surface area contributed by atoms with Gasteiger partial charge in [-0.3, -0.25) is 4.79 Å². The lowest BCUT2D eigenvalue weighted by atomic mass is 10.2. The molecule has 18 heavy (non-hydrogen) atoms. The minimum atomic E-state index is -0.954. The Morgan fingerprint density at radius 1 is 1.33 bits per heavy atom. The van der Waals surface area contributed by atoms with Crippen LogP contribution < -0.4 is 0 Å². The first-order valence-electron chi connectivity index (χ1n) is 5.09. The molecule has 3 nitrogen and oxygen atoms in total. The number of carbonyl (C=O) groups is 1. The van der Waals surface area contributed by atoms with Crippen LogP contribution in [-0.4, -0.2) is 16.1 Å². The van der Waals surface area contributed by atoms with Gasteiger partial charge in [0.05, 0.1) is 12.1 Å². The summed E-state index contributed by atoms with van der Waals surface area (Å²) in [4.78, 5) is 14.7. The minimum absolute atomic E-state index is 0.178. The fourth-order valence-corrected chi connectivity index (χ4v) is 2.28. The molecule has 1 aromatic carbocycles. The molecule has 0 saturated heterocycles. The summed E-state index contributed by atoms with van der Waals surface area (Å²) >= 11 is 7.09. The van der Waals surface area contributed by atoms with Crippen molar-refractivity contribution in [2.75, 3.05) is 0 Å². The third-order valence-corrected chi connectivity index (χ3v) is 3.31. The van der Waals surface area contributed by atoms with Crippen LogP contribution in [0, 0.1) is 11.8 Å². The average Bonchev–Trinajstić information content (AvgIpc) is 2.68. The van der Waals surface area contributed by atoms with Crippen LogP contribution in [0.25, 0.3) is 0 Å². The third kappa shape index (κ3) is 3.33. The van der Waals surface area contributed by atoms with Crippen molar-refractivity contribution in [3.05, 3.63) is 50.9 Å². The van der Waals surface area contributed by atoms with E-state index in [1.54, 1.807) is 0 Å². The predicted octanol–water partition coefficient (Wildman–Crippen LogP) is 2.82. The topological polar surface area (TPSA) is 50.2 Å². The van der Waals surface area contributed by atoms with Crippen molar-refractivity contribution < 1.29 is 9.90 Å². The van der Waals surface area contributed by atoms with Gasteiger partial charge < -0.3 is 5.11 Å². The summed E-state index contributed by atoms with van der Waals surface area (Å²) in [6.07, 6.45) is -0.178. The summed E-state index contributed by atoms with van der Waals surface area (Å²) in [5, 5.41) is 9.21. The molecule has 0 amide bonds. The average molecular weight is 278 g/mol. The van der Waals surface area contributed by atoms with E-state index in [1.807, 2.05) is 30.3 Å². The third-order valence-electron chi connectivity index (χ3n) is 2.06. The quantitative estimate of drug-likeness (QED) is 0.859. The maximum atomic E-state index is 10.6. The lowest BCUT2D eigenvalue weighted by Gasteiger charge is -1.88. The van der Waals surface area contributed by atoms with Crippen molar-refractivity contribution in [1.82, 2.24) is 4.98 Å². The summed E-state index contributed by atoms with van der Waals surface area (Å²) in [5.74, 6) is 4.87. The molecular weight excluding hydrogens is 270 g/mol. The van der Waals surface area contributed by atoms with Crippen molar-refractivity contribution in [2.24, 2.45) is 0 Å². The van der Waals surface area contributed by atoms with Gasteiger partial charge >= 0.3 is 5.97 Å². The summed E-state index contributed by atoms with van der Waals surface area (Å²) in [6, 6.07) is 9.49. The largest absolute Gasteiger partial charge is 0.481 e. The molecule has 0 saturated carbocycles. The number of carboxylic acids is 1. The Morgan fingerprint density at radius 3 is 2.72 bits per heavy atom. The molecule has 0 radical (unpaired) electrons. The van der Waals surface area contributed by atoms with Crippen LogP contribution in [0.3, 0.4) is 0 Å². The molecule has 0 aliphatic carbocycles. The maximum absolute atomic E-state index is 10.6. The van der Waals surface area contributed by atoms with Gasteiger partial charge in [0.1, 0.15) is 4.34 Å². The molecule has 0 aliphatic heterocycles. The second-order valence-corrected chi connectivity index (χ2v) is 5.03. The smallest absolute Gasteiger partial charge is 0.309 e. The maximum Gasteiger partial charge on any atom is 0.309 e. The second-order valence-electron chi connectivity index (χ2n) is 3.43. The zero-order chi connectivity index (χ0) is 13.0. The van der Waals surface area contributed by atoms with E-state index < -0.39 is 5.97 Å². The molecule has 0 atom stereocenters. The molecule has 2 aromatic rings. The second kappa shape index (κ2) is 5.67. The Kier molecular flexibility index (Phi) is 3.98. The molecule has 0 fully saturated rings. The zero-order valence-electron chi connectivity index (χ0n) is 9.18. The van der Waals surface area contributed by atoms with Crippen LogP contribution in [-0.2, 0) is 11.2 Å². The van der Waals surface area contributed by atoms with Crippen molar-refractivity contribution >= 4 is 28.9 Å². The number of hydrogen-bond acceptors (Lipinski definition) is 3. The summed E-state index contributed by atoms with van der Waals surface area (Å²) in [6.45, 7) is 0. The molecular formula is C13H8ClNO2S. The van der Waals surface area contributed by atoms with Gasteiger partial charge in [-0.2, -0.15) is 0 Å². The highest BCUT2D eigenvalue weighted by atomic mass is 35.5. The van der Waals surface area contributed by atoms with Gasteiger partial charge in [-0.05, 0) is 18.1 Å². The van der Waals surface area contributed by atoms with Crippen molar-refractivity contribution in [3.8, 4) is 11.8 Å². The van der Waals surface area contributed by atoms with E-state index in [0.717, 1.165) is 5.56 Å². The van der Waals surface area contributed by atoms with Crippen molar-refractivity contribution in [2.45, 2.75) is 6.42 Å². The molecule has 0 unspecified atom stereocenters. The Labute approximate surface area is 113 Å². The molecule has 1 N–H and O–H groups in total. The fraction of sp³-hybridized carbons (Fsp3) is 0.0769. The molecule has 2 rings (SSSR count). The molecule has 1 heterocycles. The van der Waals surface area contributed by atoms with Gasteiger partial charge in [-0.15, -0.1) is 0 Å². The lowest BCUT2D eigenvalue weighted by molar-refractivity contribution is -0.136. The first-order valence-corrected chi connectivity index (χ1v) is 6.28. The van der Waals surface area contributed by atoms with Gasteiger partial charge in [-0.1, -0.05) is 47.1 Å². The Hall–Kier alpha value is -1.83. The number of halogens is 1. The summed E-state index contributed by atoms with van der Waals surface area (Å²) in [5.41, 5.74) is 1.25. The highest BCUT2D eigenvalue weighted by Crippen LogP contribution is 2.24. The summed E-state index contributed by atoms with van der Waals surface area (Å²) < 4.78 is 0.384. The number of nitrogens with zero attached hydrogens (tertiary/aromatic N) is 1. The molecule has 90 valence electrons. The Bertz CT molecular complexity index is 625. The molecule has 0 bridgehead atoms. The molecule has 1 aromatic heterocycles. The number of aliphatic carboxylic acids is 1. The Morgan fingerprint density at radius 2 is 2.06 bits per heavy atom. The lowest BCUT2D eigenvalue weighted by Crippen LogP contribution is -2.00. The first-order chi connectivity index (χ1) is 8.65. The standard InChI is InChI=1S/C13H8ClNO2S/c14-13-10(8-12(16)17)15-11(18-13)7-6-9-4-2-1-3-5-9/h1-5H,8H2,(H,16,17). The number of aromatic nitrogens is 1. The van der Waals surface area contributed by atoms with Crippen LogP contribution in [0.1, 0.15) is 16.3 Å². The number of benzene rings is 1. The first kappa shape index (κ1) is 12.6. The van der Waals surface area contributed by atoms with Gasteiger partial charge in [0, 0.05) is 5.56 Å². The molecule has 0 aliphatic rings. The summed E-state index contributed by atoms with van der Waals surface area (Å²) in [7, 11) is 0. The normalized spacial score (nSPS) is 9.61. The SMILES string of the molecule is O=C(O)Cc1nc(C#Cc2ccccc2)sc1Cl. The highest BCUT2D eigenvalue weighted by Gasteiger charge is 2.11. The van der Waals surface area contributed by atoms with Gasteiger partial charge in [-0.25, -0.2) is 4.98 Å². The van der Waals surface area contributed by atoms with Crippen molar-refractivity contribution in [3.63, 3.8) is 0 Å². The minimum Gasteiger partial charge on any atom is -0.481 e. The van der Waals surface area contributed by atoms with E-state index in [9.17, 15) is 4.79 Å². The van der Waals surface area contributed by atoms with E-state index in [-0.39, 0.29) is 6.42 Å². The van der Waals surface area contributed by atoms with Gasteiger partial charge in [0.15, 0.2) is 5.01 Å². The fourth-order valence-electron chi connectivity index (χ4n) is 1.29. The van der Waals surface area contributed by atoms with E-state index >= 15 is 0 Å². The molecule has 5 heteroatoms. The van der Waals surface area contributed by atoms with E-state index in [2.05, 4.69) is 16.8 Å². The number of thiazole rings is 1. The monoisotopic (exact) mass is 277 g/mol.